The van der Waals surface area contributed by atoms with Crippen molar-refractivity contribution in [3.8, 4) is 0 Å². The van der Waals surface area contributed by atoms with E-state index in [2.05, 4.69) is 43.4 Å². The lowest BCUT2D eigenvalue weighted by molar-refractivity contribution is 0.531. The van der Waals surface area contributed by atoms with Crippen molar-refractivity contribution in [1.82, 2.24) is 5.32 Å². The van der Waals surface area contributed by atoms with Crippen LogP contribution in [0.3, 0.4) is 0 Å². The zero-order valence-electron chi connectivity index (χ0n) is 11.0. The molecule has 1 fully saturated rings. The molecular formula is C14H21NO2S. The molecule has 0 aromatic heterocycles. The lowest BCUT2D eigenvalue weighted by Crippen LogP contribution is -2.39. The van der Waals surface area contributed by atoms with Gasteiger partial charge in [0.2, 0.25) is 0 Å². The molecule has 0 saturated carbocycles. The highest BCUT2D eigenvalue weighted by atomic mass is 32.2. The van der Waals surface area contributed by atoms with Gasteiger partial charge < -0.3 is 5.32 Å². The number of hydrogen-bond donors (Lipinski definition) is 1. The minimum absolute atomic E-state index is 0.0465. The van der Waals surface area contributed by atoms with Gasteiger partial charge in [0, 0.05) is 12.6 Å². The number of sulfone groups is 1. The van der Waals surface area contributed by atoms with Crippen LogP contribution in [0.2, 0.25) is 0 Å². The number of benzene rings is 1. The van der Waals surface area contributed by atoms with Crippen LogP contribution in [0.1, 0.15) is 43.4 Å². The van der Waals surface area contributed by atoms with Crippen LogP contribution in [0.5, 0.6) is 0 Å². The minimum Gasteiger partial charge on any atom is -0.308 e. The SMILES string of the molecule is CCC(C)c1ccc(C2CS(=O)(=O)CCN2)cc1. The van der Waals surface area contributed by atoms with Gasteiger partial charge >= 0.3 is 0 Å². The summed E-state index contributed by atoms with van der Waals surface area (Å²) in [4.78, 5) is 0. The van der Waals surface area contributed by atoms with Crippen molar-refractivity contribution < 1.29 is 8.42 Å². The third-order valence-electron chi connectivity index (χ3n) is 3.74. The highest BCUT2D eigenvalue weighted by Crippen LogP contribution is 2.23. The topological polar surface area (TPSA) is 46.2 Å². The van der Waals surface area contributed by atoms with Crippen LogP contribution in [0.15, 0.2) is 24.3 Å². The van der Waals surface area contributed by atoms with E-state index in [4.69, 9.17) is 0 Å². The van der Waals surface area contributed by atoms with Gasteiger partial charge in [-0.2, -0.15) is 0 Å². The molecule has 2 unspecified atom stereocenters. The lowest BCUT2D eigenvalue weighted by Gasteiger charge is -2.24. The molecule has 1 aliphatic heterocycles. The van der Waals surface area contributed by atoms with Gasteiger partial charge in [-0.25, -0.2) is 8.42 Å². The van der Waals surface area contributed by atoms with E-state index in [-0.39, 0.29) is 17.5 Å². The molecule has 1 saturated heterocycles. The first-order valence-electron chi connectivity index (χ1n) is 6.55. The Kier molecular flexibility index (Phi) is 4.07. The summed E-state index contributed by atoms with van der Waals surface area (Å²) in [6, 6.07) is 8.30. The molecule has 1 N–H and O–H groups in total. The van der Waals surface area contributed by atoms with Gasteiger partial charge in [0.05, 0.1) is 11.5 Å². The van der Waals surface area contributed by atoms with Crippen molar-refractivity contribution in [3.05, 3.63) is 35.4 Å². The smallest absolute Gasteiger partial charge is 0.153 e. The highest BCUT2D eigenvalue weighted by Gasteiger charge is 2.25. The lowest BCUT2D eigenvalue weighted by atomic mass is 9.96. The van der Waals surface area contributed by atoms with E-state index in [1.807, 2.05) is 0 Å². The maximum Gasteiger partial charge on any atom is 0.153 e. The quantitative estimate of drug-likeness (QED) is 0.913. The Hall–Kier alpha value is -0.870. The van der Waals surface area contributed by atoms with Gasteiger partial charge in [-0.05, 0) is 23.5 Å². The van der Waals surface area contributed by atoms with E-state index >= 15 is 0 Å². The maximum atomic E-state index is 11.6. The van der Waals surface area contributed by atoms with Crippen molar-refractivity contribution in [2.45, 2.75) is 32.2 Å². The molecule has 1 aromatic rings. The van der Waals surface area contributed by atoms with E-state index < -0.39 is 9.84 Å². The normalized spacial score (nSPS) is 24.7. The van der Waals surface area contributed by atoms with Crippen LogP contribution in [-0.2, 0) is 9.84 Å². The summed E-state index contributed by atoms with van der Waals surface area (Å²) in [5.41, 5.74) is 2.39. The van der Waals surface area contributed by atoms with Crippen molar-refractivity contribution in [2.24, 2.45) is 0 Å². The number of nitrogens with one attached hydrogen (secondary N) is 1. The van der Waals surface area contributed by atoms with Crippen LogP contribution in [-0.4, -0.2) is 26.5 Å². The summed E-state index contributed by atoms with van der Waals surface area (Å²) < 4.78 is 23.2. The predicted octanol–water partition coefficient (Wildman–Crippen LogP) is 2.26. The average Bonchev–Trinajstić information content (AvgIpc) is 2.37. The molecule has 2 rings (SSSR count). The molecule has 0 bridgehead atoms. The first kappa shape index (κ1) is 13.6. The van der Waals surface area contributed by atoms with Crippen LogP contribution in [0.25, 0.3) is 0 Å². The van der Waals surface area contributed by atoms with Crippen LogP contribution >= 0.6 is 0 Å². The first-order chi connectivity index (χ1) is 8.52. The molecule has 0 radical (unpaired) electrons. The summed E-state index contributed by atoms with van der Waals surface area (Å²) in [7, 11) is -2.87. The van der Waals surface area contributed by atoms with E-state index in [1.54, 1.807) is 0 Å². The fraction of sp³-hybridized carbons (Fsp3) is 0.571. The summed E-state index contributed by atoms with van der Waals surface area (Å²) in [5.74, 6) is 1.03. The molecule has 1 aliphatic rings. The van der Waals surface area contributed by atoms with Crippen LogP contribution in [0.4, 0.5) is 0 Å². The van der Waals surface area contributed by atoms with E-state index in [9.17, 15) is 8.42 Å². The molecule has 3 nitrogen and oxygen atoms in total. The standard InChI is InChI=1S/C14H21NO2S/c1-3-11(2)12-4-6-13(7-5-12)14-10-18(16,17)9-8-15-14/h4-7,11,14-15H,3,8-10H2,1-2H3. The Morgan fingerprint density at radius 2 is 2.00 bits per heavy atom. The van der Waals surface area contributed by atoms with Crippen molar-refractivity contribution in [3.63, 3.8) is 0 Å². The maximum absolute atomic E-state index is 11.6. The van der Waals surface area contributed by atoms with Gasteiger partial charge in [-0.15, -0.1) is 0 Å². The summed E-state index contributed by atoms with van der Waals surface area (Å²) in [6.45, 7) is 4.94. The second-order valence-corrected chi connectivity index (χ2v) is 7.33. The Labute approximate surface area is 110 Å². The molecular weight excluding hydrogens is 246 g/mol. The van der Waals surface area contributed by atoms with Crippen LogP contribution < -0.4 is 5.32 Å². The van der Waals surface area contributed by atoms with Crippen molar-refractivity contribution in [1.29, 1.82) is 0 Å². The Morgan fingerprint density at radius 1 is 1.33 bits per heavy atom. The summed E-state index contributed by atoms with van der Waals surface area (Å²) in [5, 5.41) is 3.27. The molecule has 0 spiro atoms. The van der Waals surface area contributed by atoms with E-state index in [0.717, 1.165) is 12.0 Å². The molecule has 18 heavy (non-hydrogen) atoms. The summed E-state index contributed by atoms with van der Waals surface area (Å²) in [6.07, 6.45) is 1.12. The van der Waals surface area contributed by atoms with Gasteiger partial charge in [0.15, 0.2) is 9.84 Å². The second-order valence-electron chi connectivity index (χ2n) is 5.10. The van der Waals surface area contributed by atoms with Crippen molar-refractivity contribution >= 4 is 9.84 Å². The van der Waals surface area contributed by atoms with E-state index in [0.29, 0.717) is 12.5 Å². The highest BCUT2D eigenvalue weighted by molar-refractivity contribution is 7.91. The monoisotopic (exact) mass is 267 g/mol. The predicted molar refractivity (Wildman–Crippen MR) is 74.5 cm³/mol. The Bertz CT molecular complexity index is 493. The summed E-state index contributed by atoms with van der Waals surface area (Å²) >= 11 is 0. The molecule has 2 atom stereocenters. The second kappa shape index (κ2) is 5.41. The van der Waals surface area contributed by atoms with E-state index in [1.165, 1.54) is 5.56 Å². The third-order valence-corrected chi connectivity index (χ3v) is 5.41. The Balaban J connectivity index is 2.14. The first-order valence-corrected chi connectivity index (χ1v) is 8.37. The minimum atomic E-state index is -2.87. The molecule has 0 amide bonds. The number of hydrogen-bond acceptors (Lipinski definition) is 3. The van der Waals surface area contributed by atoms with Gasteiger partial charge in [0.25, 0.3) is 0 Å². The Morgan fingerprint density at radius 3 is 2.56 bits per heavy atom. The molecule has 100 valence electrons. The number of rotatable bonds is 3. The molecule has 1 heterocycles. The fourth-order valence-corrected chi connectivity index (χ4v) is 3.71. The zero-order chi connectivity index (χ0) is 13.2. The average molecular weight is 267 g/mol. The van der Waals surface area contributed by atoms with Gasteiger partial charge in [-0.3, -0.25) is 0 Å². The third kappa shape index (κ3) is 3.12. The van der Waals surface area contributed by atoms with Gasteiger partial charge in [-0.1, -0.05) is 38.1 Å². The van der Waals surface area contributed by atoms with Gasteiger partial charge in [0.1, 0.15) is 0 Å². The molecule has 4 heteroatoms. The van der Waals surface area contributed by atoms with Crippen LogP contribution in [0, 0.1) is 0 Å². The largest absolute Gasteiger partial charge is 0.308 e. The molecule has 0 aliphatic carbocycles. The zero-order valence-corrected chi connectivity index (χ0v) is 11.8. The van der Waals surface area contributed by atoms with Crippen molar-refractivity contribution in [2.75, 3.05) is 18.1 Å². The molecule has 1 aromatic carbocycles. The fourth-order valence-electron chi connectivity index (χ4n) is 2.29.